The van der Waals surface area contributed by atoms with E-state index in [0.29, 0.717) is 15.6 Å². The summed E-state index contributed by atoms with van der Waals surface area (Å²) in [5, 5.41) is 10.1. The Kier molecular flexibility index (Phi) is 7.80. The average molecular weight is 450 g/mol. The Labute approximate surface area is 182 Å². The van der Waals surface area contributed by atoms with E-state index in [2.05, 4.69) is 0 Å². The van der Waals surface area contributed by atoms with Crippen LogP contribution in [-0.2, 0) is 31.0 Å². The van der Waals surface area contributed by atoms with Crippen molar-refractivity contribution in [1.29, 1.82) is 0 Å². The van der Waals surface area contributed by atoms with Gasteiger partial charge in [-0.05, 0) is 35.7 Å². The summed E-state index contributed by atoms with van der Waals surface area (Å²) in [6, 6.07) is 14.2. The van der Waals surface area contributed by atoms with Crippen molar-refractivity contribution in [2.75, 3.05) is 13.7 Å². The van der Waals surface area contributed by atoms with Crippen LogP contribution in [0.3, 0.4) is 0 Å². The van der Waals surface area contributed by atoms with Crippen LogP contribution in [0.4, 0.5) is 0 Å². The lowest BCUT2D eigenvalue weighted by Crippen LogP contribution is -2.65. The molecule has 0 aromatic heterocycles. The normalized spacial score (nSPS) is 13.6. The Morgan fingerprint density at radius 2 is 1.65 bits per heavy atom. The lowest BCUT2D eigenvalue weighted by molar-refractivity contribution is -0.172. The third-order valence-corrected chi connectivity index (χ3v) is 7.01. The number of hydrogen-bond donors (Lipinski definition) is 1. The zero-order valence-corrected chi connectivity index (χ0v) is 18.8. The summed E-state index contributed by atoms with van der Waals surface area (Å²) in [6.07, 6.45) is 0. The van der Waals surface area contributed by atoms with Crippen molar-refractivity contribution >= 4 is 22.0 Å². The summed E-state index contributed by atoms with van der Waals surface area (Å²) < 4.78 is 37.9. The van der Waals surface area contributed by atoms with Gasteiger partial charge in [0, 0.05) is 6.54 Å². The standard InChI is InChI=1S/C22H27NO7S/c1-5-23(31(27,28)19-13-11-18(29-4)12-14-19)22(16(2)3,20(24)25)21(26)30-15-17-9-7-6-8-10-17/h6-14,16H,5,15H2,1-4H3,(H,24,25). The number of likely N-dealkylation sites (N-methyl/N-ethyl adjacent to an activating group) is 1. The Morgan fingerprint density at radius 1 is 1.06 bits per heavy atom. The number of esters is 1. The zero-order valence-electron chi connectivity index (χ0n) is 17.9. The lowest BCUT2D eigenvalue weighted by atomic mass is 9.86. The van der Waals surface area contributed by atoms with Gasteiger partial charge in [-0.25, -0.2) is 18.0 Å². The van der Waals surface area contributed by atoms with Gasteiger partial charge in [0.2, 0.25) is 15.6 Å². The fraction of sp³-hybridized carbons (Fsp3) is 0.364. The number of carbonyl (C=O) groups is 2. The third-order valence-electron chi connectivity index (χ3n) is 5.01. The Bertz CT molecular complexity index is 1000. The molecule has 0 amide bonds. The van der Waals surface area contributed by atoms with Crippen LogP contribution in [-0.4, -0.2) is 49.0 Å². The summed E-state index contributed by atoms with van der Waals surface area (Å²) in [5.74, 6) is -3.21. The van der Waals surface area contributed by atoms with E-state index in [9.17, 15) is 23.1 Å². The molecule has 0 saturated heterocycles. The fourth-order valence-corrected chi connectivity index (χ4v) is 5.20. The summed E-state index contributed by atoms with van der Waals surface area (Å²) >= 11 is 0. The van der Waals surface area contributed by atoms with Crippen LogP contribution >= 0.6 is 0 Å². The van der Waals surface area contributed by atoms with Crippen molar-refractivity contribution in [3.63, 3.8) is 0 Å². The highest BCUT2D eigenvalue weighted by molar-refractivity contribution is 7.89. The first-order chi connectivity index (χ1) is 14.6. The molecule has 0 radical (unpaired) electrons. The molecule has 2 aromatic carbocycles. The van der Waals surface area contributed by atoms with Gasteiger partial charge in [0.25, 0.3) is 0 Å². The number of sulfonamides is 1. The summed E-state index contributed by atoms with van der Waals surface area (Å²) in [4.78, 5) is 25.5. The van der Waals surface area contributed by atoms with E-state index >= 15 is 0 Å². The Balaban J connectivity index is 2.52. The van der Waals surface area contributed by atoms with Crippen molar-refractivity contribution in [2.45, 2.75) is 37.8 Å². The minimum absolute atomic E-state index is 0.155. The first kappa shape index (κ1) is 24.4. The van der Waals surface area contributed by atoms with Gasteiger partial charge in [0.15, 0.2) is 0 Å². The Morgan fingerprint density at radius 3 is 2.10 bits per heavy atom. The van der Waals surface area contributed by atoms with Crippen LogP contribution in [0.5, 0.6) is 5.75 Å². The van der Waals surface area contributed by atoms with Gasteiger partial charge in [-0.1, -0.05) is 51.1 Å². The van der Waals surface area contributed by atoms with Crippen molar-refractivity contribution in [3.05, 3.63) is 60.2 Å². The van der Waals surface area contributed by atoms with Crippen molar-refractivity contribution < 1.29 is 32.6 Å². The van der Waals surface area contributed by atoms with E-state index in [1.165, 1.54) is 52.1 Å². The molecule has 1 unspecified atom stereocenters. The first-order valence-electron chi connectivity index (χ1n) is 9.73. The molecule has 0 spiro atoms. The van der Waals surface area contributed by atoms with E-state index in [4.69, 9.17) is 9.47 Å². The van der Waals surface area contributed by atoms with E-state index in [0.717, 1.165) is 0 Å². The van der Waals surface area contributed by atoms with Gasteiger partial charge >= 0.3 is 11.9 Å². The van der Waals surface area contributed by atoms with Crippen LogP contribution in [0.1, 0.15) is 26.3 Å². The molecule has 0 bridgehead atoms. The fourth-order valence-electron chi connectivity index (χ4n) is 3.38. The smallest absolute Gasteiger partial charge is 0.339 e. The molecule has 0 aliphatic heterocycles. The summed E-state index contributed by atoms with van der Waals surface area (Å²) in [7, 11) is -2.91. The van der Waals surface area contributed by atoms with Crippen LogP contribution < -0.4 is 4.74 Å². The molecule has 2 rings (SSSR count). The number of aliphatic carboxylic acids is 1. The number of nitrogens with zero attached hydrogens (tertiary/aromatic N) is 1. The molecular formula is C22H27NO7S. The number of rotatable bonds is 10. The zero-order chi connectivity index (χ0) is 23.2. The maximum atomic E-state index is 13.4. The van der Waals surface area contributed by atoms with Crippen LogP contribution in [0.25, 0.3) is 0 Å². The topological polar surface area (TPSA) is 110 Å². The molecular weight excluding hydrogens is 422 g/mol. The van der Waals surface area contributed by atoms with Gasteiger partial charge in [-0.2, -0.15) is 4.31 Å². The molecule has 2 aromatic rings. The van der Waals surface area contributed by atoms with Crippen molar-refractivity contribution in [1.82, 2.24) is 4.31 Å². The van der Waals surface area contributed by atoms with Crippen LogP contribution in [0.2, 0.25) is 0 Å². The molecule has 0 aliphatic rings. The summed E-state index contributed by atoms with van der Waals surface area (Å²) in [5.41, 5.74) is -1.79. The molecule has 0 heterocycles. The largest absolute Gasteiger partial charge is 0.497 e. The van der Waals surface area contributed by atoms with Crippen LogP contribution in [0, 0.1) is 5.92 Å². The molecule has 8 nitrogen and oxygen atoms in total. The van der Waals surface area contributed by atoms with Gasteiger partial charge < -0.3 is 14.6 Å². The second-order valence-corrected chi connectivity index (χ2v) is 9.00. The molecule has 1 N–H and O–H groups in total. The van der Waals surface area contributed by atoms with Gasteiger partial charge in [0.1, 0.15) is 12.4 Å². The first-order valence-corrected chi connectivity index (χ1v) is 11.2. The minimum atomic E-state index is -4.36. The number of carbonyl (C=O) groups excluding carboxylic acids is 1. The molecule has 168 valence electrons. The van der Waals surface area contributed by atoms with Crippen molar-refractivity contribution in [3.8, 4) is 5.75 Å². The van der Waals surface area contributed by atoms with E-state index < -0.39 is 33.4 Å². The second-order valence-electron chi connectivity index (χ2n) is 7.13. The number of carboxylic acid groups (broad SMARTS) is 1. The molecule has 1 atom stereocenters. The molecule has 9 heteroatoms. The van der Waals surface area contributed by atoms with E-state index in [-0.39, 0.29) is 18.0 Å². The van der Waals surface area contributed by atoms with Crippen LogP contribution in [0.15, 0.2) is 59.5 Å². The maximum Gasteiger partial charge on any atom is 0.339 e. The van der Waals surface area contributed by atoms with Gasteiger partial charge in [-0.3, -0.25) is 0 Å². The highest BCUT2D eigenvalue weighted by Gasteiger charge is 2.59. The molecule has 0 fully saturated rings. The molecule has 31 heavy (non-hydrogen) atoms. The number of methoxy groups -OCH3 is 1. The Hall–Kier alpha value is -2.91. The highest BCUT2D eigenvalue weighted by Crippen LogP contribution is 2.33. The monoisotopic (exact) mass is 449 g/mol. The van der Waals surface area contributed by atoms with Gasteiger partial charge in [0.05, 0.1) is 12.0 Å². The minimum Gasteiger partial charge on any atom is -0.497 e. The van der Waals surface area contributed by atoms with E-state index in [1.807, 2.05) is 0 Å². The number of ether oxygens (including phenoxy) is 2. The number of hydrogen-bond acceptors (Lipinski definition) is 6. The highest BCUT2D eigenvalue weighted by atomic mass is 32.2. The number of carboxylic acids is 1. The summed E-state index contributed by atoms with van der Waals surface area (Å²) in [6.45, 7) is 4.00. The second kappa shape index (κ2) is 9.93. The third kappa shape index (κ3) is 4.72. The molecule has 0 aliphatic carbocycles. The predicted octanol–water partition coefficient (Wildman–Crippen LogP) is 2.93. The van der Waals surface area contributed by atoms with E-state index in [1.54, 1.807) is 30.3 Å². The number of benzene rings is 2. The average Bonchev–Trinajstić information content (AvgIpc) is 2.75. The maximum absolute atomic E-state index is 13.4. The van der Waals surface area contributed by atoms with Crippen molar-refractivity contribution in [2.24, 2.45) is 5.92 Å². The van der Waals surface area contributed by atoms with Gasteiger partial charge in [-0.15, -0.1) is 0 Å². The quantitative estimate of drug-likeness (QED) is 0.439. The SMILES string of the molecule is CCN(C(C(=O)O)(C(=O)OCc1ccccc1)C(C)C)S(=O)(=O)c1ccc(OC)cc1. The predicted molar refractivity (Wildman–Crippen MR) is 114 cm³/mol. The lowest BCUT2D eigenvalue weighted by Gasteiger charge is -2.39. The molecule has 0 saturated carbocycles.